The van der Waals surface area contributed by atoms with Crippen LogP contribution in [-0.4, -0.2) is 41.1 Å². The van der Waals surface area contributed by atoms with Crippen molar-refractivity contribution < 1.29 is 23.2 Å². The number of anilines is 1. The average Bonchev–Trinajstić information content (AvgIpc) is 2.77. The number of hydrogen-bond acceptors (Lipinski definition) is 4. The minimum absolute atomic E-state index is 0.0746. The molecule has 4 amide bonds. The van der Waals surface area contributed by atoms with E-state index in [0.717, 1.165) is 4.90 Å². The predicted molar refractivity (Wildman–Crippen MR) is 85.8 cm³/mol. The lowest BCUT2D eigenvalue weighted by Crippen LogP contribution is -2.39. The largest absolute Gasteiger partial charge is 0.326 e. The van der Waals surface area contributed by atoms with Gasteiger partial charge in [-0.25, -0.2) is 4.79 Å². The fourth-order valence-electron chi connectivity index (χ4n) is 2.21. The summed E-state index contributed by atoms with van der Waals surface area (Å²) in [5, 5.41) is 5.06. The number of urea groups is 1. The Hall–Kier alpha value is -2.16. The van der Waals surface area contributed by atoms with E-state index in [-0.39, 0.29) is 5.92 Å². The van der Waals surface area contributed by atoms with Gasteiger partial charge < -0.3 is 10.6 Å². The molecule has 1 saturated heterocycles. The lowest BCUT2D eigenvalue weighted by Gasteiger charge is -2.14. The first-order valence-corrected chi connectivity index (χ1v) is 8.12. The summed E-state index contributed by atoms with van der Waals surface area (Å²) in [6.45, 7) is 3.19. The molecule has 0 bridgehead atoms. The van der Waals surface area contributed by atoms with Crippen LogP contribution in [0.3, 0.4) is 0 Å². The van der Waals surface area contributed by atoms with Gasteiger partial charge in [0.05, 0.1) is 0 Å². The number of imide groups is 1. The van der Waals surface area contributed by atoms with Gasteiger partial charge in [-0.05, 0) is 30.2 Å². The summed E-state index contributed by atoms with van der Waals surface area (Å²) in [5.74, 6) is -3.57. The highest BCUT2D eigenvalue weighted by atomic mass is 32.2. The monoisotopic (exact) mass is 357 g/mol. The molecule has 24 heavy (non-hydrogen) atoms. The molecule has 2 rings (SSSR count). The van der Waals surface area contributed by atoms with Crippen molar-refractivity contribution in [2.24, 2.45) is 5.92 Å². The van der Waals surface area contributed by atoms with E-state index in [4.69, 9.17) is 0 Å². The first-order valence-electron chi connectivity index (χ1n) is 7.24. The lowest BCUT2D eigenvalue weighted by molar-refractivity contribution is -0.131. The van der Waals surface area contributed by atoms with Gasteiger partial charge in [0.1, 0.15) is 12.6 Å². The Kier molecular flexibility index (Phi) is 5.76. The highest BCUT2D eigenvalue weighted by Gasteiger charge is 2.40. The second-order valence-corrected chi connectivity index (χ2v) is 6.61. The third-order valence-corrected chi connectivity index (χ3v) is 4.11. The molecule has 9 heteroatoms. The van der Waals surface area contributed by atoms with Crippen LogP contribution in [0, 0.1) is 5.92 Å². The number of carbonyl (C=O) groups is 3. The van der Waals surface area contributed by atoms with E-state index in [1.165, 1.54) is 24.3 Å². The molecule has 1 aromatic rings. The maximum atomic E-state index is 12.2. The Bertz CT molecular complexity index is 637. The zero-order valence-electron chi connectivity index (χ0n) is 13.1. The normalized spacial score (nSPS) is 17.6. The van der Waals surface area contributed by atoms with Crippen molar-refractivity contribution in [3.8, 4) is 0 Å². The number of alkyl halides is 2. The highest BCUT2D eigenvalue weighted by Crippen LogP contribution is 2.26. The van der Waals surface area contributed by atoms with Crippen molar-refractivity contribution in [1.29, 1.82) is 0 Å². The zero-order chi connectivity index (χ0) is 17.9. The fraction of sp³-hybridized carbons (Fsp3) is 0.400. The van der Waals surface area contributed by atoms with Gasteiger partial charge in [-0.15, -0.1) is 0 Å². The van der Waals surface area contributed by atoms with E-state index in [9.17, 15) is 23.2 Å². The molecular weight excluding hydrogens is 340 g/mol. The minimum Gasteiger partial charge on any atom is -0.326 e. The Morgan fingerprint density at radius 1 is 1.29 bits per heavy atom. The van der Waals surface area contributed by atoms with Crippen LogP contribution in [0.15, 0.2) is 29.2 Å². The number of nitrogens with zero attached hydrogens (tertiary/aromatic N) is 1. The van der Waals surface area contributed by atoms with Gasteiger partial charge in [0.2, 0.25) is 5.91 Å². The van der Waals surface area contributed by atoms with Crippen molar-refractivity contribution in [1.82, 2.24) is 10.2 Å². The molecule has 0 saturated carbocycles. The third-order valence-electron chi connectivity index (χ3n) is 3.39. The molecule has 6 nitrogen and oxygen atoms in total. The standard InChI is InChI=1S/C15H17F2N3O3S/c1-8(2)12-13(22)20(15(23)19-12)7-11(21)18-9-3-5-10(6-4-9)24-14(16)17/h3-6,8,12,14H,7H2,1-2H3,(H,18,21)(H,19,23). The van der Waals surface area contributed by atoms with E-state index in [1.807, 2.05) is 0 Å². The Morgan fingerprint density at radius 2 is 1.92 bits per heavy atom. The number of thioether (sulfide) groups is 1. The summed E-state index contributed by atoms with van der Waals surface area (Å²) >= 11 is 0.404. The zero-order valence-corrected chi connectivity index (χ0v) is 13.9. The van der Waals surface area contributed by atoms with Gasteiger partial charge in [0.25, 0.3) is 11.7 Å². The maximum absolute atomic E-state index is 12.2. The molecule has 1 unspecified atom stereocenters. The molecule has 1 fully saturated rings. The first-order chi connectivity index (χ1) is 11.3. The van der Waals surface area contributed by atoms with Gasteiger partial charge in [0, 0.05) is 10.6 Å². The SMILES string of the molecule is CC(C)C1NC(=O)N(CC(=O)Nc2ccc(SC(F)F)cc2)C1=O. The van der Waals surface area contributed by atoms with Crippen LogP contribution in [0.2, 0.25) is 0 Å². The molecule has 1 aliphatic heterocycles. The third kappa shape index (κ3) is 4.44. The average molecular weight is 357 g/mol. The van der Waals surface area contributed by atoms with Gasteiger partial charge in [0.15, 0.2) is 0 Å². The number of rotatable bonds is 6. The van der Waals surface area contributed by atoms with E-state index >= 15 is 0 Å². The number of nitrogens with one attached hydrogen (secondary N) is 2. The minimum atomic E-state index is -2.51. The molecular formula is C15H17F2N3O3S. The predicted octanol–water partition coefficient (Wildman–Crippen LogP) is 2.52. The quantitative estimate of drug-likeness (QED) is 0.606. The summed E-state index contributed by atoms with van der Waals surface area (Å²) in [6.07, 6.45) is 0. The maximum Gasteiger partial charge on any atom is 0.325 e. The number of hydrogen-bond donors (Lipinski definition) is 2. The molecule has 1 aliphatic rings. The van der Waals surface area contributed by atoms with Crippen LogP contribution in [-0.2, 0) is 9.59 Å². The van der Waals surface area contributed by atoms with Crippen LogP contribution in [0.5, 0.6) is 0 Å². The van der Waals surface area contributed by atoms with Gasteiger partial charge in [-0.1, -0.05) is 25.6 Å². The van der Waals surface area contributed by atoms with Gasteiger partial charge in [-0.2, -0.15) is 8.78 Å². The van der Waals surface area contributed by atoms with Crippen LogP contribution in [0.25, 0.3) is 0 Å². The summed E-state index contributed by atoms with van der Waals surface area (Å²) in [5.41, 5.74) is 0.395. The highest BCUT2D eigenvalue weighted by molar-refractivity contribution is 7.99. The summed E-state index contributed by atoms with van der Waals surface area (Å²) in [7, 11) is 0. The van der Waals surface area contributed by atoms with Crippen LogP contribution < -0.4 is 10.6 Å². The van der Waals surface area contributed by atoms with E-state index in [1.54, 1.807) is 13.8 Å². The van der Waals surface area contributed by atoms with E-state index in [2.05, 4.69) is 10.6 Å². The molecule has 1 heterocycles. The molecule has 1 aromatic carbocycles. The fourth-order valence-corrected chi connectivity index (χ4v) is 2.70. The van der Waals surface area contributed by atoms with Crippen molar-refractivity contribution in [3.63, 3.8) is 0 Å². The molecule has 0 spiro atoms. The molecule has 1 atom stereocenters. The number of benzene rings is 1. The van der Waals surface area contributed by atoms with E-state index in [0.29, 0.717) is 22.3 Å². The second-order valence-electron chi connectivity index (χ2n) is 5.55. The van der Waals surface area contributed by atoms with Gasteiger partial charge in [-0.3, -0.25) is 14.5 Å². The first kappa shape index (κ1) is 18.2. The molecule has 0 aliphatic carbocycles. The Balaban J connectivity index is 1.93. The van der Waals surface area contributed by atoms with E-state index < -0.39 is 36.2 Å². The van der Waals surface area contributed by atoms with Crippen molar-refractivity contribution in [2.45, 2.75) is 30.5 Å². The van der Waals surface area contributed by atoms with Crippen LogP contribution >= 0.6 is 11.8 Å². The molecule has 130 valence electrons. The smallest absolute Gasteiger partial charge is 0.325 e. The number of halogens is 2. The van der Waals surface area contributed by atoms with Crippen molar-refractivity contribution in [3.05, 3.63) is 24.3 Å². The lowest BCUT2D eigenvalue weighted by atomic mass is 10.1. The van der Waals surface area contributed by atoms with Crippen molar-refractivity contribution in [2.75, 3.05) is 11.9 Å². The number of amides is 4. The Morgan fingerprint density at radius 3 is 2.42 bits per heavy atom. The Labute approximate surface area is 142 Å². The summed E-state index contributed by atoms with van der Waals surface area (Å²) < 4.78 is 24.5. The van der Waals surface area contributed by atoms with Crippen molar-refractivity contribution >= 4 is 35.3 Å². The summed E-state index contributed by atoms with van der Waals surface area (Å²) in [6, 6.07) is 4.63. The van der Waals surface area contributed by atoms with Gasteiger partial charge >= 0.3 is 6.03 Å². The number of carbonyl (C=O) groups excluding carboxylic acids is 3. The molecule has 0 aromatic heterocycles. The summed E-state index contributed by atoms with van der Waals surface area (Å²) in [4.78, 5) is 37.1. The molecule has 0 radical (unpaired) electrons. The topological polar surface area (TPSA) is 78.5 Å². The van der Waals surface area contributed by atoms with Crippen LogP contribution in [0.1, 0.15) is 13.8 Å². The second kappa shape index (κ2) is 7.61. The van der Waals surface area contributed by atoms with Crippen LogP contribution in [0.4, 0.5) is 19.3 Å². The molecule has 2 N–H and O–H groups in total.